The highest BCUT2D eigenvalue weighted by atomic mass is 19.1. The Labute approximate surface area is 219 Å². The smallest absolute Gasteiger partial charge is 0.255 e. The number of rotatable bonds is 3. The number of carbonyl (C=O) groups excluding carboxylic acids is 3. The summed E-state index contributed by atoms with van der Waals surface area (Å²) in [7, 11) is 0. The van der Waals surface area contributed by atoms with E-state index in [1.54, 1.807) is 11.0 Å². The van der Waals surface area contributed by atoms with Gasteiger partial charge in [-0.1, -0.05) is 36.4 Å². The molecular formula is C30H28FN3O4. The van der Waals surface area contributed by atoms with Crippen LogP contribution in [0.4, 0.5) is 4.39 Å². The van der Waals surface area contributed by atoms with Gasteiger partial charge in [-0.2, -0.15) is 0 Å². The van der Waals surface area contributed by atoms with E-state index in [1.165, 1.54) is 0 Å². The van der Waals surface area contributed by atoms with Crippen LogP contribution in [0.1, 0.15) is 52.7 Å². The van der Waals surface area contributed by atoms with Crippen molar-refractivity contribution in [1.82, 2.24) is 15.1 Å². The Morgan fingerprint density at radius 2 is 1.79 bits per heavy atom. The molecule has 0 saturated carbocycles. The Balaban J connectivity index is 1.09. The summed E-state index contributed by atoms with van der Waals surface area (Å²) in [6, 6.07) is 14.4. The van der Waals surface area contributed by atoms with Gasteiger partial charge in [0.15, 0.2) is 0 Å². The van der Waals surface area contributed by atoms with Gasteiger partial charge in [0.05, 0.1) is 13.2 Å². The number of hydrogen-bond donors (Lipinski definition) is 1. The lowest BCUT2D eigenvalue weighted by molar-refractivity contribution is -0.136. The third-order valence-corrected chi connectivity index (χ3v) is 8.90. The molecule has 1 atom stereocenters. The maximum absolute atomic E-state index is 14.3. The predicted octanol–water partition coefficient (Wildman–Crippen LogP) is 3.67. The van der Waals surface area contributed by atoms with E-state index in [4.69, 9.17) is 4.74 Å². The van der Waals surface area contributed by atoms with Crippen LogP contribution < -0.4 is 10.1 Å². The highest BCUT2D eigenvalue weighted by Gasteiger charge is 2.47. The molecular weight excluding hydrogens is 485 g/mol. The van der Waals surface area contributed by atoms with E-state index in [0.717, 1.165) is 60.3 Å². The minimum atomic E-state index is -0.635. The average molecular weight is 514 g/mol. The fourth-order valence-corrected chi connectivity index (χ4v) is 6.74. The molecule has 2 saturated heterocycles. The first-order chi connectivity index (χ1) is 18.4. The molecule has 7 rings (SSSR count). The number of imide groups is 1. The van der Waals surface area contributed by atoms with E-state index >= 15 is 0 Å². The van der Waals surface area contributed by atoms with Crippen molar-refractivity contribution in [2.24, 2.45) is 0 Å². The third kappa shape index (κ3) is 3.54. The average Bonchev–Trinajstić information content (AvgIpc) is 3.45. The number of nitrogens with zero attached hydrogens (tertiary/aromatic N) is 2. The van der Waals surface area contributed by atoms with E-state index < -0.39 is 11.9 Å². The van der Waals surface area contributed by atoms with E-state index in [1.807, 2.05) is 42.5 Å². The van der Waals surface area contributed by atoms with Crippen LogP contribution in [0.15, 0.2) is 48.5 Å². The summed E-state index contributed by atoms with van der Waals surface area (Å²) < 4.78 is 20.6. The van der Waals surface area contributed by atoms with E-state index in [9.17, 15) is 18.8 Å². The van der Waals surface area contributed by atoms with Crippen molar-refractivity contribution in [2.45, 2.75) is 50.2 Å². The second-order valence-electron chi connectivity index (χ2n) is 11.0. The third-order valence-electron chi connectivity index (χ3n) is 8.90. The van der Waals surface area contributed by atoms with Crippen molar-refractivity contribution in [3.8, 4) is 5.75 Å². The molecule has 4 heterocycles. The molecule has 3 aromatic carbocycles. The summed E-state index contributed by atoms with van der Waals surface area (Å²) in [5, 5.41) is 3.98. The molecule has 1 N–H and O–H groups in total. The highest BCUT2D eigenvalue weighted by Crippen LogP contribution is 2.49. The number of halogens is 1. The molecule has 2 fully saturated rings. The van der Waals surface area contributed by atoms with E-state index in [2.05, 4.69) is 10.2 Å². The second kappa shape index (κ2) is 8.63. The Kier molecular flexibility index (Phi) is 5.30. The van der Waals surface area contributed by atoms with Crippen molar-refractivity contribution in [3.63, 3.8) is 0 Å². The van der Waals surface area contributed by atoms with Gasteiger partial charge < -0.3 is 9.64 Å². The number of carbonyl (C=O) groups is 3. The molecule has 8 heteroatoms. The van der Waals surface area contributed by atoms with Crippen LogP contribution in [0.25, 0.3) is 10.8 Å². The van der Waals surface area contributed by atoms with Crippen LogP contribution in [-0.2, 0) is 28.1 Å². The van der Waals surface area contributed by atoms with Gasteiger partial charge in [-0.25, -0.2) is 4.39 Å². The van der Waals surface area contributed by atoms with Crippen molar-refractivity contribution in [2.75, 3.05) is 19.7 Å². The Hall–Kier alpha value is -3.78. The zero-order valence-electron chi connectivity index (χ0n) is 21.0. The van der Waals surface area contributed by atoms with E-state index in [-0.39, 0.29) is 29.5 Å². The van der Waals surface area contributed by atoms with Crippen molar-refractivity contribution in [1.29, 1.82) is 0 Å². The number of piperidine rings is 2. The van der Waals surface area contributed by atoms with Gasteiger partial charge in [-0.3, -0.25) is 24.6 Å². The van der Waals surface area contributed by atoms with Crippen molar-refractivity contribution >= 4 is 28.5 Å². The minimum Gasteiger partial charge on any atom is -0.492 e. The highest BCUT2D eigenvalue weighted by molar-refractivity contribution is 6.05. The zero-order chi connectivity index (χ0) is 26.0. The lowest BCUT2D eigenvalue weighted by Gasteiger charge is -2.38. The van der Waals surface area contributed by atoms with Gasteiger partial charge >= 0.3 is 0 Å². The largest absolute Gasteiger partial charge is 0.492 e. The predicted molar refractivity (Wildman–Crippen MR) is 138 cm³/mol. The van der Waals surface area contributed by atoms with E-state index in [0.29, 0.717) is 30.5 Å². The first kappa shape index (κ1) is 23.3. The SMILES string of the molecule is O=C1CCC(N2Cc3c(ccc4c3OCC43CCN(Cc4ccc(F)c5ccccc45)CC3)C2=O)C(=O)N1. The lowest BCUT2D eigenvalue weighted by atomic mass is 9.74. The normalized spacial score (nSPS) is 22.5. The fraction of sp³-hybridized carbons (Fsp3) is 0.367. The maximum Gasteiger partial charge on any atom is 0.255 e. The molecule has 1 spiro atoms. The number of nitrogens with one attached hydrogen (secondary N) is 1. The quantitative estimate of drug-likeness (QED) is 0.541. The monoisotopic (exact) mass is 513 g/mol. The molecule has 0 aromatic heterocycles. The van der Waals surface area contributed by atoms with Gasteiger partial charge in [0.25, 0.3) is 5.91 Å². The number of likely N-dealkylation sites (tertiary alicyclic amines) is 1. The standard InChI is InChI=1S/C30H28FN3O4/c31-24-8-5-18(19-3-1-2-4-20(19)24)15-33-13-11-30(12-14-33)17-38-27-22-16-34(25-9-10-26(35)32-28(25)36)29(37)21(22)6-7-23(27)30/h1-8,25H,9-17H2,(H,32,35,36). The molecule has 194 valence electrons. The van der Waals surface area contributed by atoms with Crippen LogP contribution in [0, 0.1) is 5.82 Å². The number of ether oxygens (including phenoxy) is 1. The first-order valence-corrected chi connectivity index (χ1v) is 13.3. The van der Waals surface area contributed by atoms with Gasteiger partial charge in [-0.05, 0) is 55.4 Å². The van der Waals surface area contributed by atoms with Crippen LogP contribution in [0.2, 0.25) is 0 Å². The summed E-state index contributed by atoms with van der Waals surface area (Å²) in [4.78, 5) is 41.2. The Morgan fingerprint density at radius 1 is 1.00 bits per heavy atom. The number of fused-ring (bicyclic) bond motifs is 5. The molecule has 0 bridgehead atoms. The molecule has 3 amide bonds. The fourth-order valence-electron chi connectivity index (χ4n) is 6.74. The van der Waals surface area contributed by atoms with Gasteiger partial charge in [0.2, 0.25) is 11.8 Å². The van der Waals surface area contributed by atoms with Crippen LogP contribution >= 0.6 is 0 Å². The maximum atomic E-state index is 14.3. The van der Waals surface area contributed by atoms with Gasteiger partial charge in [0, 0.05) is 40.5 Å². The molecule has 38 heavy (non-hydrogen) atoms. The van der Waals surface area contributed by atoms with Gasteiger partial charge in [-0.15, -0.1) is 0 Å². The molecule has 4 aliphatic rings. The zero-order valence-corrected chi connectivity index (χ0v) is 21.0. The van der Waals surface area contributed by atoms with Crippen LogP contribution in [0.5, 0.6) is 5.75 Å². The topological polar surface area (TPSA) is 79.0 Å². The van der Waals surface area contributed by atoms with Crippen LogP contribution in [0.3, 0.4) is 0 Å². The number of benzene rings is 3. The van der Waals surface area contributed by atoms with Gasteiger partial charge in [0.1, 0.15) is 17.6 Å². The molecule has 7 nitrogen and oxygen atoms in total. The summed E-state index contributed by atoms with van der Waals surface area (Å²) in [6.07, 6.45) is 2.44. The number of hydrogen-bond acceptors (Lipinski definition) is 5. The Morgan fingerprint density at radius 3 is 2.58 bits per heavy atom. The van der Waals surface area contributed by atoms with Crippen LogP contribution in [-0.4, -0.2) is 53.3 Å². The van der Waals surface area contributed by atoms with Crippen molar-refractivity contribution < 1.29 is 23.5 Å². The second-order valence-corrected chi connectivity index (χ2v) is 11.0. The molecule has 4 aliphatic heterocycles. The summed E-state index contributed by atoms with van der Waals surface area (Å²) in [5.74, 6) is -0.270. The Bertz CT molecular complexity index is 1510. The first-order valence-electron chi connectivity index (χ1n) is 13.3. The summed E-state index contributed by atoms with van der Waals surface area (Å²) in [6.45, 7) is 3.46. The molecule has 1 unspecified atom stereocenters. The molecule has 0 aliphatic carbocycles. The summed E-state index contributed by atoms with van der Waals surface area (Å²) >= 11 is 0. The molecule has 0 radical (unpaired) electrons. The number of amides is 3. The lowest BCUT2D eigenvalue weighted by Crippen LogP contribution is -2.52. The molecule has 3 aromatic rings. The summed E-state index contributed by atoms with van der Waals surface area (Å²) in [5.41, 5.74) is 3.63. The van der Waals surface area contributed by atoms with Crippen molar-refractivity contribution in [3.05, 3.63) is 76.6 Å². The minimum absolute atomic E-state index is 0.100.